The molecule has 0 saturated carbocycles. The Morgan fingerprint density at radius 2 is 2.38 bits per heavy atom. The molecule has 0 aromatic rings. The van der Waals surface area contributed by atoms with Gasteiger partial charge in [-0.2, -0.15) is 5.26 Å². The summed E-state index contributed by atoms with van der Waals surface area (Å²) >= 11 is 0. The van der Waals surface area contributed by atoms with Crippen molar-refractivity contribution in [3.05, 3.63) is 0 Å². The van der Waals surface area contributed by atoms with Crippen molar-refractivity contribution < 1.29 is 9.53 Å². The molecule has 4 heteroatoms. The fraction of sp³-hybridized carbons (Fsp3) is 0.778. The molecule has 1 fully saturated rings. The maximum atomic E-state index is 11.5. The number of rotatable bonds is 1. The summed E-state index contributed by atoms with van der Waals surface area (Å²) in [5, 5.41) is 8.41. The number of morpholine rings is 1. The van der Waals surface area contributed by atoms with E-state index in [1.807, 2.05) is 19.9 Å². The SMILES string of the molecule is CC1(C)COCCN1C(=O)CC#N. The summed E-state index contributed by atoms with van der Waals surface area (Å²) in [7, 11) is 0. The van der Waals surface area contributed by atoms with Crippen molar-refractivity contribution in [2.75, 3.05) is 19.8 Å². The van der Waals surface area contributed by atoms with Crippen LogP contribution in [0.4, 0.5) is 0 Å². The molecule has 1 amide bonds. The summed E-state index contributed by atoms with van der Waals surface area (Å²) in [6.07, 6.45) is -0.0383. The summed E-state index contributed by atoms with van der Waals surface area (Å²) < 4.78 is 5.27. The predicted octanol–water partition coefficient (Wildman–Crippen LogP) is 0.537. The minimum atomic E-state index is -0.272. The molecule has 0 N–H and O–H groups in total. The first-order valence-electron chi connectivity index (χ1n) is 4.33. The van der Waals surface area contributed by atoms with Crippen LogP contribution in [0.2, 0.25) is 0 Å². The first-order chi connectivity index (χ1) is 6.08. The molecule has 0 aliphatic carbocycles. The fourth-order valence-corrected chi connectivity index (χ4v) is 1.48. The monoisotopic (exact) mass is 182 g/mol. The highest BCUT2D eigenvalue weighted by Crippen LogP contribution is 2.19. The lowest BCUT2D eigenvalue weighted by atomic mass is 10.0. The average Bonchev–Trinajstić information content (AvgIpc) is 2.03. The van der Waals surface area contributed by atoms with E-state index in [4.69, 9.17) is 10.00 Å². The number of carbonyl (C=O) groups is 1. The van der Waals surface area contributed by atoms with Crippen LogP contribution in [0.25, 0.3) is 0 Å². The minimum Gasteiger partial charge on any atom is -0.377 e. The average molecular weight is 182 g/mol. The van der Waals surface area contributed by atoms with Gasteiger partial charge in [-0.15, -0.1) is 0 Å². The Morgan fingerprint density at radius 1 is 1.69 bits per heavy atom. The molecule has 0 atom stereocenters. The van der Waals surface area contributed by atoms with Crippen LogP contribution in [-0.2, 0) is 9.53 Å². The molecular weight excluding hydrogens is 168 g/mol. The van der Waals surface area contributed by atoms with Gasteiger partial charge < -0.3 is 9.64 Å². The standard InChI is InChI=1S/C9H14N2O2/c1-9(2)7-13-6-5-11(9)8(12)3-4-10/h3,5-7H2,1-2H3. The molecule has 0 aromatic carbocycles. The van der Waals surface area contributed by atoms with E-state index in [0.29, 0.717) is 19.8 Å². The van der Waals surface area contributed by atoms with E-state index >= 15 is 0 Å². The van der Waals surface area contributed by atoms with E-state index in [2.05, 4.69) is 0 Å². The van der Waals surface area contributed by atoms with Gasteiger partial charge in [0.15, 0.2) is 0 Å². The molecule has 0 bridgehead atoms. The third-order valence-electron chi connectivity index (χ3n) is 2.18. The number of amides is 1. The zero-order valence-corrected chi connectivity index (χ0v) is 8.04. The lowest BCUT2D eigenvalue weighted by Crippen LogP contribution is -2.55. The summed E-state index contributed by atoms with van der Waals surface area (Å²) in [6, 6.07) is 1.87. The van der Waals surface area contributed by atoms with Crippen molar-refractivity contribution >= 4 is 5.91 Å². The summed E-state index contributed by atoms with van der Waals surface area (Å²) in [5.74, 6) is -0.101. The van der Waals surface area contributed by atoms with Gasteiger partial charge in [0.25, 0.3) is 0 Å². The highest BCUT2D eigenvalue weighted by atomic mass is 16.5. The molecule has 1 aliphatic heterocycles. The first-order valence-corrected chi connectivity index (χ1v) is 4.33. The van der Waals surface area contributed by atoms with Crippen LogP contribution in [0, 0.1) is 11.3 Å². The van der Waals surface area contributed by atoms with Crippen molar-refractivity contribution in [2.24, 2.45) is 0 Å². The van der Waals surface area contributed by atoms with Gasteiger partial charge in [0, 0.05) is 6.54 Å². The maximum absolute atomic E-state index is 11.5. The first kappa shape index (κ1) is 10.0. The quantitative estimate of drug-likeness (QED) is 0.594. The van der Waals surface area contributed by atoms with Crippen LogP contribution < -0.4 is 0 Å². The molecule has 0 spiro atoms. The minimum absolute atomic E-state index is 0.0383. The van der Waals surface area contributed by atoms with Gasteiger partial charge in [-0.05, 0) is 13.8 Å². The van der Waals surface area contributed by atoms with Crippen LogP contribution in [0.1, 0.15) is 20.3 Å². The van der Waals surface area contributed by atoms with Crippen molar-refractivity contribution in [2.45, 2.75) is 25.8 Å². The Balaban J connectivity index is 2.66. The highest BCUT2D eigenvalue weighted by Gasteiger charge is 2.33. The lowest BCUT2D eigenvalue weighted by molar-refractivity contribution is -0.145. The van der Waals surface area contributed by atoms with Gasteiger partial charge in [0.1, 0.15) is 6.42 Å². The second kappa shape index (κ2) is 3.75. The van der Waals surface area contributed by atoms with E-state index in [-0.39, 0.29) is 17.9 Å². The zero-order chi connectivity index (χ0) is 9.90. The molecular formula is C9H14N2O2. The van der Waals surface area contributed by atoms with Gasteiger partial charge in [0.05, 0.1) is 24.8 Å². The van der Waals surface area contributed by atoms with Gasteiger partial charge >= 0.3 is 0 Å². The molecule has 13 heavy (non-hydrogen) atoms. The van der Waals surface area contributed by atoms with E-state index in [1.165, 1.54) is 0 Å². The van der Waals surface area contributed by atoms with Gasteiger partial charge in [-0.3, -0.25) is 4.79 Å². The van der Waals surface area contributed by atoms with Crippen molar-refractivity contribution in [1.29, 1.82) is 5.26 Å². The van der Waals surface area contributed by atoms with Gasteiger partial charge in [-0.25, -0.2) is 0 Å². The van der Waals surface area contributed by atoms with Gasteiger partial charge in [0.2, 0.25) is 5.91 Å². The Morgan fingerprint density at radius 3 is 2.92 bits per heavy atom. The molecule has 0 aromatic heterocycles. The Labute approximate surface area is 78.1 Å². The smallest absolute Gasteiger partial charge is 0.237 e. The van der Waals surface area contributed by atoms with E-state index in [1.54, 1.807) is 4.90 Å². The largest absolute Gasteiger partial charge is 0.377 e. The van der Waals surface area contributed by atoms with E-state index < -0.39 is 0 Å². The predicted molar refractivity (Wildman–Crippen MR) is 46.8 cm³/mol. The molecule has 0 unspecified atom stereocenters. The van der Waals surface area contributed by atoms with Crippen LogP contribution in [0.3, 0.4) is 0 Å². The van der Waals surface area contributed by atoms with E-state index in [0.717, 1.165) is 0 Å². The number of nitrogens with zero attached hydrogens (tertiary/aromatic N) is 2. The summed E-state index contributed by atoms with van der Waals surface area (Å²) in [6.45, 7) is 5.60. The Kier molecular flexibility index (Phi) is 2.89. The molecule has 72 valence electrons. The van der Waals surface area contributed by atoms with Crippen LogP contribution in [0.5, 0.6) is 0 Å². The van der Waals surface area contributed by atoms with Gasteiger partial charge in [-0.1, -0.05) is 0 Å². The summed E-state index contributed by atoms with van der Waals surface area (Å²) in [4.78, 5) is 13.2. The molecule has 1 saturated heterocycles. The van der Waals surface area contributed by atoms with Crippen LogP contribution in [-0.4, -0.2) is 36.1 Å². The topological polar surface area (TPSA) is 53.3 Å². The van der Waals surface area contributed by atoms with Crippen molar-refractivity contribution in [3.63, 3.8) is 0 Å². The third kappa shape index (κ3) is 2.19. The zero-order valence-electron chi connectivity index (χ0n) is 8.04. The highest BCUT2D eigenvalue weighted by molar-refractivity contribution is 5.79. The number of nitriles is 1. The number of hydrogen-bond donors (Lipinski definition) is 0. The molecule has 4 nitrogen and oxygen atoms in total. The molecule has 1 heterocycles. The van der Waals surface area contributed by atoms with Crippen molar-refractivity contribution in [1.82, 2.24) is 4.90 Å². The van der Waals surface area contributed by atoms with E-state index in [9.17, 15) is 4.79 Å². The van der Waals surface area contributed by atoms with Crippen LogP contribution in [0.15, 0.2) is 0 Å². The molecule has 1 rings (SSSR count). The summed E-state index contributed by atoms with van der Waals surface area (Å²) in [5.41, 5.74) is -0.272. The van der Waals surface area contributed by atoms with Crippen molar-refractivity contribution in [3.8, 4) is 6.07 Å². The van der Waals surface area contributed by atoms with Crippen LogP contribution >= 0.6 is 0 Å². The fourth-order valence-electron chi connectivity index (χ4n) is 1.48. The second-order valence-electron chi connectivity index (χ2n) is 3.75. The molecule has 1 aliphatic rings. The Hall–Kier alpha value is -1.08. The number of hydrogen-bond acceptors (Lipinski definition) is 3. The Bertz CT molecular complexity index is 242. The third-order valence-corrected chi connectivity index (χ3v) is 2.18. The second-order valence-corrected chi connectivity index (χ2v) is 3.75. The molecule has 0 radical (unpaired) electrons. The lowest BCUT2D eigenvalue weighted by Gasteiger charge is -2.41. The number of ether oxygens (including phenoxy) is 1. The number of carbonyl (C=O) groups excluding carboxylic acids is 1. The maximum Gasteiger partial charge on any atom is 0.237 e. The normalized spacial score (nSPS) is 20.8.